The molecule has 0 saturated carbocycles. The number of carbonyl (C=O) groups is 1. The van der Waals surface area contributed by atoms with Crippen LogP contribution >= 0.6 is 15.9 Å². The summed E-state index contributed by atoms with van der Waals surface area (Å²) in [5.41, 5.74) is 1.18. The lowest BCUT2D eigenvalue weighted by Crippen LogP contribution is -2.30. The van der Waals surface area contributed by atoms with Crippen LogP contribution in [0.25, 0.3) is 0 Å². The number of ketones is 1. The Kier molecular flexibility index (Phi) is 4.47. The fraction of sp³-hybridized carbons (Fsp3) is 0.429. The van der Waals surface area contributed by atoms with Gasteiger partial charge >= 0.3 is 0 Å². The molecule has 2 nitrogen and oxygen atoms in total. The molecule has 1 atom stereocenters. The Morgan fingerprint density at radius 1 is 1.41 bits per heavy atom. The van der Waals surface area contributed by atoms with Crippen molar-refractivity contribution in [2.75, 3.05) is 0 Å². The van der Waals surface area contributed by atoms with Crippen molar-refractivity contribution >= 4 is 21.7 Å². The number of nitrogens with zero attached hydrogens (tertiary/aromatic N) is 1. The van der Waals surface area contributed by atoms with Crippen molar-refractivity contribution in [3.8, 4) is 6.07 Å². The lowest BCUT2D eigenvalue weighted by Gasteiger charge is -2.20. The Morgan fingerprint density at radius 3 is 2.53 bits per heavy atom. The summed E-state index contributed by atoms with van der Waals surface area (Å²) in [6.45, 7) is 5.71. The van der Waals surface area contributed by atoms with Crippen molar-refractivity contribution in [3.63, 3.8) is 0 Å². The molecule has 0 aromatic heterocycles. The van der Waals surface area contributed by atoms with Crippen LogP contribution < -0.4 is 0 Å². The number of alkyl halides is 1. The molecule has 0 heterocycles. The van der Waals surface area contributed by atoms with E-state index < -0.39 is 0 Å². The number of hydrogen-bond acceptors (Lipinski definition) is 2. The lowest BCUT2D eigenvalue weighted by molar-refractivity contribution is -0.125. The van der Waals surface area contributed by atoms with E-state index in [1.54, 1.807) is 6.07 Å². The van der Waals surface area contributed by atoms with E-state index in [0.717, 1.165) is 5.56 Å². The van der Waals surface area contributed by atoms with Crippen molar-refractivity contribution in [2.24, 2.45) is 5.41 Å². The van der Waals surface area contributed by atoms with Gasteiger partial charge in [-0.2, -0.15) is 5.26 Å². The van der Waals surface area contributed by atoms with Gasteiger partial charge in [-0.15, -0.1) is 0 Å². The summed E-state index contributed by atoms with van der Waals surface area (Å²) in [7, 11) is 0. The van der Waals surface area contributed by atoms with Gasteiger partial charge in [0.05, 0.1) is 16.5 Å². The Hall–Kier alpha value is -1.14. The van der Waals surface area contributed by atoms with Crippen LogP contribution in [0.2, 0.25) is 0 Å². The van der Waals surface area contributed by atoms with Gasteiger partial charge in [0, 0.05) is 5.41 Å². The molecule has 0 aliphatic heterocycles. The Labute approximate surface area is 111 Å². The van der Waals surface area contributed by atoms with Crippen molar-refractivity contribution in [2.45, 2.75) is 32.0 Å². The average Bonchev–Trinajstić information content (AvgIpc) is 2.27. The van der Waals surface area contributed by atoms with Gasteiger partial charge in [-0.1, -0.05) is 54.9 Å². The summed E-state index contributed by atoms with van der Waals surface area (Å²) in [6.07, 6.45) is 0.555. The SMILES string of the molecule is CC(C)(C)C(=O)C(Br)Cc1ccccc1C#N. The lowest BCUT2D eigenvalue weighted by atomic mass is 9.87. The highest BCUT2D eigenvalue weighted by atomic mass is 79.9. The van der Waals surface area contributed by atoms with E-state index in [9.17, 15) is 4.79 Å². The summed E-state index contributed by atoms with van der Waals surface area (Å²) in [5.74, 6) is 0.158. The topological polar surface area (TPSA) is 40.9 Å². The standard InChI is InChI=1S/C14H16BrNO/c1-14(2,3)13(17)12(15)8-10-6-4-5-7-11(10)9-16/h4-7,12H,8H2,1-3H3. The van der Waals surface area contributed by atoms with Gasteiger partial charge < -0.3 is 0 Å². The van der Waals surface area contributed by atoms with Crippen LogP contribution in [0.1, 0.15) is 31.9 Å². The molecule has 1 aromatic rings. The van der Waals surface area contributed by atoms with Crippen LogP contribution in [-0.2, 0) is 11.2 Å². The second kappa shape index (κ2) is 5.46. The van der Waals surface area contributed by atoms with Gasteiger partial charge in [-0.05, 0) is 18.1 Å². The zero-order valence-electron chi connectivity index (χ0n) is 10.3. The first kappa shape index (κ1) is 13.9. The summed E-state index contributed by atoms with van der Waals surface area (Å²) in [4.78, 5) is 11.8. The van der Waals surface area contributed by atoms with E-state index >= 15 is 0 Å². The third kappa shape index (κ3) is 3.67. The van der Waals surface area contributed by atoms with E-state index in [4.69, 9.17) is 5.26 Å². The second-order valence-electron chi connectivity index (χ2n) is 5.05. The predicted octanol–water partition coefficient (Wildman–Crippen LogP) is 3.48. The van der Waals surface area contributed by atoms with Crippen LogP contribution in [0, 0.1) is 16.7 Å². The molecule has 0 saturated heterocycles. The molecule has 0 radical (unpaired) electrons. The fourth-order valence-corrected chi connectivity index (χ4v) is 2.60. The van der Waals surface area contributed by atoms with Crippen LogP contribution in [0.5, 0.6) is 0 Å². The zero-order chi connectivity index (χ0) is 13.1. The van der Waals surface area contributed by atoms with Gasteiger partial charge in [0.25, 0.3) is 0 Å². The van der Waals surface area contributed by atoms with E-state index in [0.29, 0.717) is 12.0 Å². The normalized spacial score (nSPS) is 12.9. The zero-order valence-corrected chi connectivity index (χ0v) is 11.9. The van der Waals surface area contributed by atoms with Gasteiger partial charge in [0.2, 0.25) is 0 Å². The summed E-state index contributed by atoms with van der Waals surface area (Å²) in [6, 6.07) is 9.53. The highest BCUT2D eigenvalue weighted by molar-refractivity contribution is 9.10. The van der Waals surface area contributed by atoms with Gasteiger partial charge in [0.1, 0.15) is 0 Å². The molecule has 0 fully saturated rings. The molecule has 0 bridgehead atoms. The third-order valence-corrected chi connectivity index (χ3v) is 3.30. The van der Waals surface area contributed by atoms with Crippen molar-refractivity contribution in [1.82, 2.24) is 0 Å². The van der Waals surface area contributed by atoms with Crippen LogP contribution in [0.15, 0.2) is 24.3 Å². The maximum Gasteiger partial charge on any atom is 0.152 e. The fourth-order valence-electron chi connectivity index (χ4n) is 1.56. The minimum atomic E-state index is -0.365. The molecular formula is C14H16BrNO. The molecule has 0 aliphatic carbocycles. The number of carbonyl (C=O) groups excluding carboxylic acids is 1. The number of hydrogen-bond donors (Lipinski definition) is 0. The highest BCUT2D eigenvalue weighted by Crippen LogP contribution is 2.24. The Morgan fingerprint density at radius 2 is 2.00 bits per heavy atom. The predicted molar refractivity (Wildman–Crippen MR) is 72.0 cm³/mol. The summed E-state index contributed by atoms with van der Waals surface area (Å²) in [5, 5.41) is 8.98. The molecule has 0 spiro atoms. The second-order valence-corrected chi connectivity index (χ2v) is 6.16. The molecular weight excluding hydrogens is 278 g/mol. The number of nitriles is 1. The van der Waals surface area contributed by atoms with Crippen molar-refractivity contribution in [1.29, 1.82) is 5.26 Å². The Balaban J connectivity index is 2.86. The molecule has 0 N–H and O–H groups in total. The third-order valence-electron chi connectivity index (χ3n) is 2.56. The van der Waals surface area contributed by atoms with E-state index in [-0.39, 0.29) is 16.0 Å². The first-order chi connectivity index (χ1) is 7.86. The Bertz CT molecular complexity index is 454. The first-order valence-corrected chi connectivity index (χ1v) is 6.44. The molecule has 3 heteroatoms. The maximum atomic E-state index is 12.0. The summed E-state index contributed by atoms with van der Waals surface area (Å²) >= 11 is 3.42. The van der Waals surface area contributed by atoms with Gasteiger partial charge in [-0.3, -0.25) is 4.79 Å². The van der Waals surface area contributed by atoms with Crippen LogP contribution in [-0.4, -0.2) is 10.6 Å². The van der Waals surface area contributed by atoms with Crippen LogP contribution in [0.3, 0.4) is 0 Å². The molecule has 0 aliphatic rings. The van der Waals surface area contributed by atoms with Gasteiger partial charge in [-0.25, -0.2) is 0 Å². The smallest absolute Gasteiger partial charge is 0.152 e. The molecule has 90 valence electrons. The number of Topliss-reactive ketones (excluding diaryl/α,β-unsaturated/α-hetero) is 1. The monoisotopic (exact) mass is 293 g/mol. The molecule has 0 amide bonds. The van der Waals surface area contributed by atoms with Crippen molar-refractivity contribution in [3.05, 3.63) is 35.4 Å². The molecule has 1 rings (SSSR count). The minimum absolute atomic E-state index is 0.158. The number of rotatable bonds is 3. The van der Waals surface area contributed by atoms with Gasteiger partial charge in [0.15, 0.2) is 5.78 Å². The minimum Gasteiger partial charge on any atom is -0.298 e. The van der Waals surface area contributed by atoms with Crippen LogP contribution in [0.4, 0.5) is 0 Å². The average molecular weight is 294 g/mol. The first-order valence-electron chi connectivity index (χ1n) is 5.52. The van der Waals surface area contributed by atoms with E-state index in [2.05, 4.69) is 22.0 Å². The largest absolute Gasteiger partial charge is 0.298 e. The number of benzene rings is 1. The summed E-state index contributed by atoms with van der Waals surface area (Å²) < 4.78 is 0. The maximum absolute atomic E-state index is 12.0. The highest BCUT2D eigenvalue weighted by Gasteiger charge is 2.28. The van der Waals surface area contributed by atoms with Crippen molar-refractivity contribution < 1.29 is 4.79 Å². The van der Waals surface area contributed by atoms with E-state index in [1.807, 2.05) is 39.0 Å². The number of halogens is 1. The quantitative estimate of drug-likeness (QED) is 0.801. The molecule has 1 aromatic carbocycles. The molecule has 17 heavy (non-hydrogen) atoms. The van der Waals surface area contributed by atoms with E-state index in [1.165, 1.54) is 0 Å². The molecule has 1 unspecified atom stereocenters.